The molecule has 0 spiro atoms. The third kappa shape index (κ3) is 4.85. The van der Waals surface area contributed by atoms with Gasteiger partial charge >= 0.3 is 5.97 Å². The van der Waals surface area contributed by atoms with Gasteiger partial charge in [-0.05, 0) is 18.6 Å². The van der Waals surface area contributed by atoms with Crippen molar-refractivity contribution < 1.29 is 23.4 Å². The van der Waals surface area contributed by atoms with Crippen LogP contribution in [0.2, 0.25) is 0 Å². The van der Waals surface area contributed by atoms with Gasteiger partial charge in [0.15, 0.2) is 17.4 Å². The Morgan fingerprint density at radius 2 is 1.74 bits per heavy atom. The summed E-state index contributed by atoms with van der Waals surface area (Å²) in [6.45, 7) is 2.33. The van der Waals surface area contributed by atoms with Gasteiger partial charge in [-0.15, -0.1) is 0 Å². The van der Waals surface area contributed by atoms with Gasteiger partial charge in [0, 0.05) is 0 Å². The number of carbonyl (C=O) groups is 1. The average molecular weight is 272 g/mol. The monoisotopic (exact) mass is 272 g/mol. The lowest BCUT2D eigenvalue weighted by atomic mass is 10.1. The molecule has 19 heavy (non-hydrogen) atoms. The molecule has 1 N–H and O–H groups in total. The molecule has 0 saturated carbocycles. The number of aromatic carboxylic acids is 1. The molecule has 0 radical (unpaired) electrons. The Morgan fingerprint density at radius 3 is 2.26 bits per heavy atom. The van der Waals surface area contributed by atoms with Crippen molar-refractivity contribution in [1.29, 1.82) is 0 Å². The van der Waals surface area contributed by atoms with Crippen molar-refractivity contribution in [3.05, 3.63) is 29.3 Å². The third-order valence-electron chi connectivity index (χ3n) is 2.74. The lowest BCUT2D eigenvalue weighted by Gasteiger charge is -2.09. The standard InChI is InChI=1S/C14H18F2O3/c1-2-3-4-5-6-7-19-13-11(15)8-10(14(17)18)9-12(13)16/h8-9H,2-7H2,1H3,(H,17,18). The summed E-state index contributed by atoms with van der Waals surface area (Å²) in [5, 5.41) is 8.65. The Morgan fingerprint density at radius 1 is 1.16 bits per heavy atom. The number of benzene rings is 1. The third-order valence-corrected chi connectivity index (χ3v) is 2.74. The van der Waals surface area contributed by atoms with E-state index in [0.29, 0.717) is 0 Å². The van der Waals surface area contributed by atoms with Crippen LogP contribution in [0.15, 0.2) is 12.1 Å². The fourth-order valence-corrected chi connectivity index (χ4v) is 1.70. The molecule has 0 heterocycles. The van der Waals surface area contributed by atoms with Crippen LogP contribution in [0.1, 0.15) is 49.4 Å². The number of halogens is 2. The zero-order valence-electron chi connectivity index (χ0n) is 10.9. The highest BCUT2D eigenvalue weighted by Crippen LogP contribution is 2.23. The average Bonchev–Trinajstić information content (AvgIpc) is 2.35. The van der Waals surface area contributed by atoms with Crippen LogP contribution in [0.25, 0.3) is 0 Å². The van der Waals surface area contributed by atoms with Gasteiger partial charge in [-0.1, -0.05) is 32.6 Å². The fourth-order valence-electron chi connectivity index (χ4n) is 1.70. The second-order valence-electron chi connectivity index (χ2n) is 4.34. The zero-order valence-corrected chi connectivity index (χ0v) is 10.9. The molecule has 0 aliphatic heterocycles. The summed E-state index contributed by atoms with van der Waals surface area (Å²) >= 11 is 0. The maximum absolute atomic E-state index is 13.5. The molecule has 1 aromatic rings. The zero-order chi connectivity index (χ0) is 14.3. The number of rotatable bonds is 8. The molecule has 0 bridgehead atoms. The molecule has 0 amide bonds. The first-order valence-corrected chi connectivity index (χ1v) is 6.41. The summed E-state index contributed by atoms with van der Waals surface area (Å²) in [7, 11) is 0. The van der Waals surface area contributed by atoms with Crippen LogP contribution in [0.3, 0.4) is 0 Å². The minimum absolute atomic E-state index is 0.226. The molecular weight excluding hydrogens is 254 g/mol. The predicted octanol–water partition coefficient (Wildman–Crippen LogP) is 4.01. The molecule has 5 heteroatoms. The Hall–Kier alpha value is -1.65. The second kappa shape index (κ2) is 7.71. The van der Waals surface area contributed by atoms with Crippen molar-refractivity contribution >= 4 is 5.97 Å². The van der Waals surface area contributed by atoms with Gasteiger partial charge in [-0.25, -0.2) is 13.6 Å². The van der Waals surface area contributed by atoms with Crippen LogP contribution in [-0.2, 0) is 0 Å². The first-order chi connectivity index (χ1) is 9.06. The highest BCUT2D eigenvalue weighted by molar-refractivity contribution is 5.87. The minimum atomic E-state index is -1.37. The van der Waals surface area contributed by atoms with E-state index >= 15 is 0 Å². The van der Waals surface area contributed by atoms with Crippen molar-refractivity contribution in [2.24, 2.45) is 0 Å². The Labute approximate surface area is 111 Å². The van der Waals surface area contributed by atoms with E-state index < -0.39 is 28.9 Å². The number of carboxylic acid groups (broad SMARTS) is 1. The minimum Gasteiger partial charge on any atom is -0.488 e. The van der Waals surface area contributed by atoms with Crippen LogP contribution in [-0.4, -0.2) is 17.7 Å². The molecule has 0 aliphatic carbocycles. The molecule has 0 aromatic heterocycles. The van der Waals surface area contributed by atoms with Gasteiger partial charge in [0.1, 0.15) is 0 Å². The quantitative estimate of drug-likeness (QED) is 0.727. The lowest BCUT2D eigenvalue weighted by Crippen LogP contribution is -2.05. The Bertz CT molecular complexity index is 410. The maximum Gasteiger partial charge on any atom is 0.335 e. The Kier molecular flexibility index (Phi) is 6.25. The van der Waals surface area contributed by atoms with Crippen molar-refractivity contribution in [2.75, 3.05) is 6.61 Å². The molecule has 0 atom stereocenters. The molecule has 0 unspecified atom stereocenters. The van der Waals surface area contributed by atoms with Gasteiger partial charge in [0.05, 0.1) is 12.2 Å². The SMILES string of the molecule is CCCCCCCOc1c(F)cc(C(=O)O)cc1F. The molecule has 0 saturated heterocycles. The smallest absolute Gasteiger partial charge is 0.335 e. The molecule has 1 aromatic carbocycles. The van der Waals surface area contributed by atoms with Gasteiger partial charge in [0.2, 0.25) is 0 Å². The van der Waals surface area contributed by atoms with Crippen molar-refractivity contribution in [1.82, 2.24) is 0 Å². The van der Waals surface area contributed by atoms with Crippen molar-refractivity contribution in [3.63, 3.8) is 0 Å². The topological polar surface area (TPSA) is 46.5 Å². The van der Waals surface area contributed by atoms with E-state index in [4.69, 9.17) is 9.84 Å². The van der Waals surface area contributed by atoms with Crippen LogP contribution < -0.4 is 4.74 Å². The number of ether oxygens (including phenoxy) is 1. The summed E-state index contributed by atoms with van der Waals surface area (Å²) in [6.07, 6.45) is 5.00. The molecule has 0 fully saturated rings. The normalized spacial score (nSPS) is 10.5. The van der Waals surface area contributed by atoms with Crippen molar-refractivity contribution in [2.45, 2.75) is 39.0 Å². The van der Waals surface area contributed by atoms with E-state index in [1.54, 1.807) is 0 Å². The van der Waals surface area contributed by atoms with Gasteiger partial charge in [-0.3, -0.25) is 0 Å². The molecular formula is C14H18F2O3. The van der Waals surface area contributed by atoms with Crippen LogP contribution >= 0.6 is 0 Å². The van der Waals surface area contributed by atoms with Gasteiger partial charge in [-0.2, -0.15) is 0 Å². The second-order valence-corrected chi connectivity index (χ2v) is 4.34. The van der Waals surface area contributed by atoms with E-state index in [2.05, 4.69) is 6.92 Å². The lowest BCUT2D eigenvalue weighted by molar-refractivity contribution is 0.0695. The van der Waals surface area contributed by atoms with Crippen LogP contribution in [0, 0.1) is 11.6 Å². The van der Waals surface area contributed by atoms with E-state index in [1.165, 1.54) is 0 Å². The summed E-state index contributed by atoms with van der Waals surface area (Å²) < 4.78 is 32.0. The summed E-state index contributed by atoms with van der Waals surface area (Å²) in [4.78, 5) is 10.6. The van der Waals surface area contributed by atoms with E-state index in [9.17, 15) is 13.6 Å². The van der Waals surface area contributed by atoms with Gasteiger partial charge < -0.3 is 9.84 Å². The highest BCUT2D eigenvalue weighted by Gasteiger charge is 2.15. The van der Waals surface area contributed by atoms with E-state index in [1.807, 2.05) is 0 Å². The number of carboxylic acids is 1. The summed E-state index contributed by atoms with van der Waals surface area (Å²) in [5.41, 5.74) is -0.426. The number of unbranched alkanes of at least 4 members (excludes halogenated alkanes) is 4. The molecule has 1 rings (SSSR count). The molecule has 106 valence electrons. The summed E-state index contributed by atoms with van der Waals surface area (Å²) in [5.74, 6) is -3.83. The first-order valence-electron chi connectivity index (χ1n) is 6.41. The van der Waals surface area contributed by atoms with Crippen molar-refractivity contribution in [3.8, 4) is 5.75 Å². The predicted molar refractivity (Wildman–Crippen MR) is 67.6 cm³/mol. The van der Waals surface area contributed by atoms with Crippen LogP contribution in [0.5, 0.6) is 5.75 Å². The van der Waals surface area contributed by atoms with E-state index in [-0.39, 0.29) is 6.61 Å². The number of hydrogen-bond acceptors (Lipinski definition) is 2. The summed E-state index contributed by atoms with van der Waals surface area (Å²) in [6, 6.07) is 1.52. The first kappa shape index (κ1) is 15.4. The largest absolute Gasteiger partial charge is 0.488 e. The molecule has 3 nitrogen and oxygen atoms in total. The van der Waals surface area contributed by atoms with E-state index in [0.717, 1.165) is 44.2 Å². The fraction of sp³-hybridized carbons (Fsp3) is 0.500. The maximum atomic E-state index is 13.5. The van der Waals surface area contributed by atoms with Crippen LogP contribution in [0.4, 0.5) is 8.78 Å². The number of hydrogen-bond donors (Lipinski definition) is 1. The Balaban J connectivity index is 2.52. The molecule has 0 aliphatic rings. The highest BCUT2D eigenvalue weighted by atomic mass is 19.1. The van der Waals surface area contributed by atoms with Gasteiger partial charge in [0.25, 0.3) is 0 Å².